The van der Waals surface area contributed by atoms with Crippen LogP contribution >= 0.6 is 11.6 Å². The molecule has 0 spiro atoms. The molecule has 1 fully saturated rings. The van der Waals surface area contributed by atoms with Crippen LogP contribution in [0.5, 0.6) is 0 Å². The van der Waals surface area contributed by atoms with Crippen LogP contribution in [0.4, 0.5) is 5.69 Å². The van der Waals surface area contributed by atoms with Crippen molar-refractivity contribution in [3.05, 3.63) is 64.8 Å². The molecule has 0 unspecified atom stereocenters. The minimum absolute atomic E-state index is 0.766. The smallest absolute Gasteiger partial charge is 0.0554 e. The number of piperidine rings is 1. The minimum Gasteiger partial charge on any atom is -0.379 e. The number of hydrogen-bond acceptors (Lipinski definition) is 2. The van der Waals surface area contributed by atoms with E-state index in [0.717, 1.165) is 23.8 Å². The van der Waals surface area contributed by atoms with Crippen LogP contribution in [0.1, 0.15) is 30.5 Å². The van der Waals surface area contributed by atoms with E-state index in [1.54, 1.807) is 0 Å². The maximum Gasteiger partial charge on any atom is 0.0554 e. The van der Waals surface area contributed by atoms with Crippen molar-refractivity contribution in [1.82, 2.24) is 9.88 Å². The number of para-hydroxylation sites is 1. The van der Waals surface area contributed by atoms with Crippen molar-refractivity contribution in [2.24, 2.45) is 0 Å². The van der Waals surface area contributed by atoms with Crippen LogP contribution in [0.3, 0.4) is 0 Å². The summed E-state index contributed by atoms with van der Waals surface area (Å²) in [5.41, 5.74) is 5.02. The quantitative estimate of drug-likeness (QED) is 0.641. The number of halogens is 1. The third kappa shape index (κ3) is 3.83. The van der Waals surface area contributed by atoms with E-state index in [9.17, 15) is 0 Å². The summed E-state index contributed by atoms with van der Waals surface area (Å²) >= 11 is 5.98. The van der Waals surface area contributed by atoms with E-state index >= 15 is 0 Å². The molecule has 0 aliphatic carbocycles. The monoisotopic (exact) mass is 353 g/mol. The van der Waals surface area contributed by atoms with Gasteiger partial charge >= 0.3 is 0 Å². The number of aromatic amines is 1. The van der Waals surface area contributed by atoms with E-state index in [0.29, 0.717) is 0 Å². The molecule has 1 aromatic heterocycles. The molecule has 25 heavy (non-hydrogen) atoms. The summed E-state index contributed by atoms with van der Waals surface area (Å²) in [5, 5.41) is 5.63. The van der Waals surface area contributed by atoms with Gasteiger partial charge in [0.1, 0.15) is 0 Å². The molecule has 1 saturated heterocycles. The summed E-state index contributed by atoms with van der Waals surface area (Å²) in [5.74, 6) is 0. The van der Waals surface area contributed by atoms with Gasteiger partial charge in [0, 0.05) is 33.9 Å². The molecule has 3 nitrogen and oxygen atoms in total. The Kier molecular flexibility index (Phi) is 4.95. The normalized spacial score (nSPS) is 15.6. The van der Waals surface area contributed by atoms with E-state index in [1.165, 1.54) is 54.5 Å². The average Bonchev–Trinajstić information content (AvgIpc) is 3.00. The molecule has 0 bridgehead atoms. The molecular weight excluding hydrogens is 330 g/mol. The van der Waals surface area contributed by atoms with Crippen molar-refractivity contribution in [3.63, 3.8) is 0 Å². The number of anilines is 1. The number of H-pyrrole nitrogens is 1. The lowest BCUT2D eigenvalue weighted by molar-refractivity contribution is 0.221. The number of hydrogen-bond donors (Lipinski definition) is 2. The molecule has 4 heteroatoms. The van der Waals surface area contributed by atoms with E-state index in [2.05, 4.69) is 39.5 Å². The number of benzene rings is 2. The average molecular weight is 354 g/mol. The molecule has 130 valence electrons. The SMILES string of the molecule is Clc1ccc(NCc2[nH]c3ccccc3c2CN2CCCCC2)cc1. The summed E-state index contributed by atoms with van der Waals surface area (Å²) in [6.07, 6.45) is 4.01. The van der Waals surface area contributed by atoms with Gasteiger partial charge in [-0.3, -0.25) is 4.90 Å². The zero-order chi connectivity index (χ0) is 17.1. The Morgan fingerprint density at radius 2 is 1.72 bits per heavy atom. The van der Waals surface area contributed by atoms with Crippen molar-refractivity contribution in [2.45, 2.75) is 32.4 Å². The third-order valence-electron chi connectivity index (χ3n) is 5.05. The highest BCUT2D eigenvalue weighted by Gasteiger charge is 2.16. The molecule has 2 aromatic carbocycles. The van der Waals surface area contributed by atoms with Crippen LogP contribution in [-0.4, -0.2) is 23.0 Å². The lowest BCUT2D eigenvalue weighted by Gasteiger charge is -2.26. The lowest BCUT2D eigenvalue weighted by atomic mass is 10.1. The predicted molar refractivity (Wildman–Crippen MR) is 106 cm³/mol. The van der Waals surface area contributed by atoms with Crippen molar-refractivity contribution in [1.29, 1.82) is 0 Å². The first-order valence-electron chi connectivity index (χ1n) is 9.10. The fraction of sp³-hybridized carbons (Fsp3) is 0.333. The van der Waals surface area contributed by atoms with Crippen LogP contribution in [0.2, 0.25) is 5.02 Å². The Morgan fingerprint density at radius 1 is 0.960 bits per heavy atom. The van der Waals surface area contributed by atoms with Gasteiger partial charge in [-0.15, -0.1) is 0 Å². The molecule has 1 aliphatic rings. The summed E-state index contributed by atoms with van der Waals surface area (Å²) < 4.78 is 0. The summed E-state index contributed by atoms with van der Waals surface area (Å²) in [7, 11) is 0. The number of nitrogens with one attached hydrogen (secondary N) is 2. The molecule has 2 N–H and O–H groups in total. The number of nitrogens with zero attached hydrogens (tertiary/aromatic N) is 1. The van der Waals surface area contributed by atoms with Gasteiger partial charge in [0.05, 0.1) is 6.54 Å². The van der Waals surface area contributed by atoms with Gasteiger partial charge in [0.2, 0.25) is 0 Å². The highest BCUT2D eigenvalue weighted by Crippen LogP contribution is 2.26. The Balaban J connectivity index is 1.58. The van der Waals surface area contributed by atoms with Crippen molar-refractivity contribution < 1.29 is 0 Å². The second-order valence-corrected chi connectivity index (χ2v) is 7.26. The number of rotatable bonds is 5. The van der Waals surface area contributed by atoms with Crippen molar-refractivity contribution in [2.75, 3.05) is 18.4 Å². The Hall–Kier alpha value is -1.97. The van der Waals surface area contributed by atoms with E-state index in [4.69, 9.17) is 11.6 Å². The van der Waals surface area contributed by atoms with Gasteiger partial charge in [-0.2, -0.15) is 0 Å². The first-order chi connectivity index (χ1) is 12.3. The number of fused-ring (bicyclic) bond motifs is 1. The van der Waals surface area contributed by atoms with Gasteiger partial charge in [-0.1, -0.05) is 36.2 Å². The minimum atomic E-state index is 0.766. The Labute approximate surface area is 154 Å². The Morgan fingerprint density at radius 3 is 2.52 bits per heavy atom. The topological polar surface area (TPSA) is 31.1 Å². The molecule has 0 amide bonds. The second-order valence-electron chi connectivity index (χ2n) is 6.82. The van der Waals surface area contributed by atoms with E-state index in [-0.39, 0.29) is 0 Å². The van der Waals surface area contributed by atoms with Crippen LogP contribution < -0.4 is 5.32 Å². The zero-order valence-corrected chi connectivity index (χ0v) is 15.1. The predicted octanol–water partition coefficient (Wildman–Crippen LogP) is 5.42. The van der Waals surface area contributed by atoms with Crippen LogP contribution in [0.25, 0.3) is 10.9 Å². The molecule has 4 rings (SSSR count). The Bertz CT molecular complexity index is 832. The second kappa shape index (κ2) is 7.51. The molecule has 0 radical (unpaired) electrons. The summed E-state index contributed by atoms with van der Waals surface area (Å²) in [4.78, 5) is 6.21. The van der Waals surface area contributed by atoms with Gasteiger partial charge < -0.3 is 10.3 Å². The number of likely N-dealkylation sites (tertiary alicyclic amines) is 1. The van der Waals surface area contributed by atoms with Crippen molar-refractivity contribution in [3.8, 4) is 0 Å². The van der Waals surface area contributed by atoms with Gasteiger partial charge in [0.25, 0.3) is 0 Å². The van der Waals surface area contributed by atoms with Gasteiger partial charge in [0.15, 0.2) is 0 Å². The molecule has 3 aromatic rings. The molecular formula is C21H24ClN3. The maximum atomic E-state index is 5.98. The summed E-state index contributed by atoms with van der Waals surface area (Å²) in [6.45, 7) is 4.24. The molecule has 0 atom stereocenters. The van der Waals surface area contributed by atoms with Gasteiger partial charge in [-0.05, 0) is 61.8 Å². The van der Waals surface area contributed by atoms with E-state index < -0.39 is 0 Å². The highest BCUT2D eigenvalue weighted by molar-refractivity contribution is 6.30. The zero-order valence-electron chi connectivity index (χ0n) is 14.4. The molecule has 2 heterocycles. The third-order valence-corrected chi connectivity index (χ3v) is 5.30. The lowest BCUT2D eigenvalue weighted by Crippen LogP contribution is -2.29. The standard InChI is InChI=1S/C21H24ClN3/c22-16-8-10-17(11-9-16)23-14-21-19(15-25-12-4-1-5-13-25)18-6-2-3-7-20(18)24-21/h2-3,6-11,23-24H,1,4-5,12-15H2. The first-order valence-corrected chi connectivity index (χ1v) is 9.48. The first kappa shape index (κ1) is 16.5. The number of aromatic nitrogens is 1. The summed E-state index contributed by atoms with van der Waals surface area (Å²) in [6, 6.07) is 16.5. The fourth-order valence-corrected chi connectivity index (χ4v) is 3.81. The fourth-order valence-electron chi connectivity index (χ4n) is 3.69. The molecule has 0 saturated carbocycles. The van der Waals surface area contributed by atoms with Crippen LogP contribution in [0.15, 0.2) is 48.5 Å². The maximum absolute atomic E-state index is 5.98. The van der Waals surface area contributed by atoms with Crippen molar-refractivity contribution >= 4 is 28.2 Å². The van der Waals surface area contributed by atoms with Gasteiger partial charge in [-0.25, -0.2) is 0 Å². The van der Waals surface area contributed by atoms with E-state index in [1.807, 2.05) is 24.3 Å². The molecule has 1 aliphatic heterocycles. The highest BCUT2D eigenvalue weighted by atomic mass is 35.5. The largest absolute Gasteiger partial charge is 0.379 e. The van der Waals surface area contributed by atoms with Crippen LogP contribution in [-0.2, 0) is 13.1 Å². The van der Waals surface area contributed by atoms with Crippen LogP contribution in [0, 0.1) is 0 Å².